The summed E-state index contributed by atoms with van der Waals surface area (Å²) in [4.78, 5) is 13.0. The second-order valence-electron chi connectivity index (χ2n) is 9.48. The predicted molar refractivity (Wildman–Crippen MR) is 101 cm³/mol. The first kappa shape index (κ1) is 17.2. The number of phenolic OH excluding ortho intramolecular Hbond substituents is 1. The molecule has 0 radical (unpaired) electrons. The van der Waals surface area contributed by atoms with Gasteiger partial charge in [-0.2, -0.15) is 0 Å². The van der Waals surface area contributed by atoms with Crippen molar-refractivity contribution in [2.75, 3.05) is 19.7 Å². The highest BCUT2D eigenvalue weighted by molar-refractivity contribution is 5.90. The van der Waals surface area contributed by atoms with Crippen LogP contribution in [-0.4, -0.2) is 53.0 Å². The Balaban J connectivity index is 1.62. The number of hydrogen-bond donors (Lipinski definition) is 1. The fourth-order valence-corrected chi connectivity index (χ4v) is 7.06. The van der Waals surface area contributed by atoms with Crippen LogP contribution in [0.15, 0.2) is 12.1 Å². The van der Waals surface area contributed by atoms with Crippen LogP contribution in [0.25, 0.3) is 0 Å². The lowest BCUT2D eigenvalue weighted by atomic mass is 9.48. The number of nitrogens with zero attached hydrogens (tertiary/aromatic N) is 1. The van der Waals surface area contributed by atoms with Crippen LogP contribution in [0.2, 0.25) is 0 Å². The van der Waals surface area contributed by atoms with Crippen LogP contribution >= 0.6 is 0 Å². The molecular formula is C22H27NO5. The zero-order valence-electron chi connectivity index (χ0n) is 16.3. The molecule has 2 bridgehead atoms. The van der Waals surface area contributed by atoms with Crippen molar-refractivity contribution in [2.45, 2.75) is 68.6 Å². The van der Waals surface area contributed by atoms with Gasteiger partial charge < -0.3 is 24.4 Å². The van der Waals surface area contributed by atoms with Gasteiger partial charge in [0, 0.05) is 37.4 Å². The molecule has 2 saturated carbocycles. The number of benzene rings is 1. The number of rotatable bonds is 4. The molecule has 0 aromatic heterocycles. The number of Topliss-reactive ketones (excluding diaryl/α,β-unsaturated/α-hetero) is 1. The molecular weight excluding hydrogens is 358 g/mol. The maximum Gasteiger partial charge on any atom is 0.174 e. The molecule has 6 nitrogen and oxygen atoms in total. The van der Waals surface area contributed by atoms with E-state index in [4.69, 9.17) is 9.47 Å². The van der Waals surface area contributed by atoms with Crippen molar-refractivity contribution < 1.29 is 24.0 Å². The van der Waals surface area contributed by atoms with Gasteiger partial charge in [-0.15, -0.1) is 0 Å². The number of ether oxygens (including phenoxy) is 2. The number of quaternary nitrogens is 1. The molecule has 3 aliphatic carbocycles. The molecule has 2 heterocycles. The molecule has 5 aliphatic rings. The number of hydroxylamine groups is 3. The molecule has 1 N–H and O–H groups in total. The third-order valence-corrected chi connectivity index (χ3v) is 8.21. The van der Waals surface area contributed by atoms with Gasteiger partial charge in [-0.05, 0) is 37.8 Å². The molecule has 6 rings (SSSR count). The van der Waals surface area contributed by atoms with Gasteiger partial charge in [0.25, 0.3) is 0 Å². The van der Waals surface area contributed by atoms with E-state index in [1.807, 2.05) is 13.0 Å². The van der Waals surface area contributed by atoms with Crippen LogP contribution < -0.4 is 4.74 Å². The summed E-state index contributed by atoms with van der Waals surface area (Å²) < 4.78 is 12.5. The Kier molecular flexibility index (Phi) is 3.26. The van der Waals surface area contributed by atoms with Gasteiger partial charge in [0.1, 0.15) is 11.6 Å². The summed E-state index contributed by atoms with van der Waals surface area (Å²) in [5.41, 5.74) is 0.675. The normalized spacial score (nSPS) is 42.9. The number of piperidine rings is 1. The average molecular weight is 385 g/mol. The molecule has 2 aliphatic heterocycles. The fourth-order valence-electron chi connectivity index (χ4n) is 7.06. The van der Waals surface area contributed by atoms with Crippen molar-refractivity contribution >= 4 is 5.78 Å². The number of ketones is 1. The maximum absolute atomic E-state index is 14.2. The first-order valence-corrected chi connectivity index (χ1v) is 10.7. The smallest absolute Gasteiger partial charge is 0.174 e. The lowest BCUT2D eigenvalue weighted by molar-refractivity contribution is -0.924. The van der Waals surface area contributed by atoms with Gasteiger partial charge in [-0.3, -0.25) is 4.79 Å². The van der Waals surface area contributed by atoms with E-state index >= 15 is 0 Å². The standard InChI is InChI=1S/C22H27NO5/c1-2-27-22-8-7-16(25)20-21(22)9-10-23(26,12-13-3-4-13)17(22)11-14-5-6-15(24)19(28-20)18(14)21/h5-6,13,17,20,24H,2-4,7-12H2,1H3/t17-,20+,21+,22?,23+/m1/s1. The van der Waals surface area contributed by atoms with Crippen molar-refractivity contribution in [3.63, 3.8) is 0 Å². The molecule has 28 heavy (non-hydrogen) atoms. The number of likely N-dealkylation sites (tertiary alicyclic amines) is 1. The van der Waals surface area contributed by atoms with Crippen LogP contribution in [0.1, 0.15) is 50.2 Å². The van der Waals surface area contributed by atoms with E-state index in [0.29, 0.717) is 57.0 Å². The Hall–Kier alpha value is -1.63. The Bertz CT molecular complexity index is 882. The van der Waals surface area contributed by atoms with E-state index in [2.05, 4.69) is 0 Å². The average Bonchev–Trinajstić information content (AvgIpc) is 3.39. The monoisotopic (exact) mass is 385 g/mol. The molecule has 0 amide bonds. The lowest BCUT2D eigenvalue weighted by Crippen LogP contribution is -2.81. The molecule has 150 valence electrons. The summed E-state index contributed by atoms with van der Waals surface area (Å²) >= 11 is 0. The van der Waals surface area contributed by atoms with Crippen molar-refractivity contribution in [1.82, 2.24) is 0 Å². The lowest BCUT2D eigenvalue weighted by Gasteiger charge is -2.68. The Morgan fingerprint density at radius 2 is 2.18 bits per heavy atom. The molecule has 1 aromatic rings. The Morgan fingerprint density at radius 1 is 1.36 bits per heavy atom. The number of carbonyl (C=O) groups is 1. The van der Waals surface area contributed by atoms with E-state index in [1.54, 1.807) is 6.07 Å². The van der Waals surface area contributed by atoms with Crippen molar-refractivity contribution in [1.29, 1.82) is 0 Å². The topological polar surface area (TPSA) is 78.8 Å². The highest BCUT2D eigenvalue weighted by Crippen LogP contribution is 2.67. The van der Waals surface area contributed by atoms with Gasteiger partial charge in [-0.1, -0.05) is 6.07 Å². The highest BCUT2D eigenvalue weighted by Gasteiger charge is 2.77. The number of carbonyl (C=O) groups excluding carboxylic acids is 1. The van der Waals surface area contributed by atoms with E-state index in [0.717, 1.165) is 24.0 Å². The number of aromatic hydroxyl groups is 1. The quantitative estimate of drug-likeness (QED) is 0.637. The predicted octanol–water partition coefficient (Wildman–Crippen LogP) is 2.58. The summed E-state index contributed by atoms with van der Waals surface area (Å²) in [6.45, 7) is 3.64. The third kappa shape index (κ3) is 1.83. The van der Waals surface area contributed by atoms with Crippen molar-refractivity contribution in [3.8, 4) is 11.5 Å². The van der Waals surface area contributed by atoms with Crippen molar-refractivity contribution in [3.05, 3.63) is 28.5 Å². The second kappa shape index (κ2) is 5.29. The van der Waals surface area contributed by atoms with Gasteiger partial charge in [0.2, 0.25) is 0 Å². The Labute approximate surface area is 164 Å². The molecule has 1 unspecified atom stereocenters. The zero-order valence-corrected chi connectivity index (χ0v) is 16.3. The zero-order chi connectivity index (χ0) is 19.3. The van der Waals surface area contributed by atoms with Crippen LogP contribution in [0.5, 0.6) is 11.5 Å². The SMILES string of the molecule is CCOC12CCC(=O)[C@@H]3Oc4c(O)ccc5c4[C@@]31CC[N@+]([O-])(CC1CC1)[C@@H]2C5. The molecule has 6 heteroatoms. The molecule has 5 atom stereocenters. The van der Waals surface area contributed by atoms with Gasteiger partial charge >= 0.3 is 0 Å². The van der Waals surface area contributed by atoms with Crippen molar-refractivity contribution in [2.24, 2.45) is 5.92 Å². The van der Waals surface area contributed by atoms with Gasteiger partial charge in [0.15, 0.2) is 23.4 Å². The van der Waals surface area contributed by atoms with Crippen LogP contribution in [0, 0.1) is 11.1 Å². The minimum absolute atomic E-state index is 0.0746. The summed E-state index contributed by atoms with van der Waals surface area (Å²) in [5.74, 6) is 1.15. The fraction of sp³-hybridized carbons (Fsp3) is 0.682. The van der Waals surface area contributed by atoms with Gasteiger partial charge in [0.05, 0.1) is 18.5 Å². The summed E-state index contributed by atoms with van der Waals surface area (Å²) in [7, 11) is 0. The van der Waals surface area contributed by atoms with Gasteiger partial charge in [-0.25, -0.2) is 0 Å². The third-order valence-electron chi connectivity index (χ3n) is 8.21. The van der Waals surface area contributed by atoms with E-state index in [1.165, 1.54) is 0 Å². The first-order chi connectivity index (χ1) is 13.5. The van der Waals surface area contributed by atoms with E-state index in [-0.39, 0.29) is 22.2 Å². The highest BCUT2D eigenvalue weighted by atomic mass is 16.6. The largest absolute Gasteiger partial charge is 0.632 e. The van der Waals surface area contributed by atoms with E-state index < -0.39 is 17.1 Å². The summed E-state index contributed by atoms with van der Waals surface area (Å²) in [6, 6.07) is 3.36. The molecule has 1 spiro atoms. The second-order valence-corrected chi connectivity index (χ2v) is 9.48. The maximum atomic E-state index is 14.2. The molecule has 1 saturated heterocycles. The van der Waals surface area contributed by atoms with Crippen LogP contribution in [0.4, 0.5) is 0 Å². The minimum Gasteiger partial charge on any atom is -0.632 e. The van der Waals surface area contributed by atoms with Crippen LogP contribution in [0.3, 0.4) is 0 Å². The number of phenols is 1. The minimum atomic E-state index is -0.693. The summed E-state index contributed by atoms with van der Waals surface area (Å²) in [6.07, 6.45) is 3.82. The Morgan fingerprint density at radius 3 is 2.93 bits per heavy atom. The molecule has 1 aromatic carbocycles. The number of hydrogen-bond acceptors (Lipinski definition) is 5. The molecule has 3 fully saturated rings. The van der Waals surface area contributed by atoms with E-state index in [9.17, 15) is 15.1 Å². The first-order valence-electron chi connectivity index (χ1n) is 10.7. The summed E-state index contributed by atoms with van der Waals surface area (Å²) in [5, 5.41) is 24.7. The van der Waals surface area contributed by atoms with Crippen LogP contribution in [-0.2, 0) is 21.4 Å².